The van der Waals surface area contributed by atoms with Gasteiger partial charge in [0.2, 0.25) is 10.3 Å². The number of carbonyl (C=O) groups excluding carboxylic acids is 4. The van der Waals surface area contributed by atoms with Crippen LogP contribution in [0.3, 0.4) is 0 Å². The van der Waals surface area contributed by atoms with Crippen LogP contribution in [0, 0.1) is 0 Å². The smallest absolute Gasteiger partial charge is 0.698 e. The number of thioether (sulfide) groups is 2. The number of sulfone groups is 3. The Morgan fingerprint density at radius 3 is 0.930 bits per heavy atom. The Hall–Kier alpha value is -5.80. The van der Waals surface area contributed by atoms with E-state index in [1.165, 1.54) is 60.0 Å². The maximum Gasteiger partial charge on any atom is 1.00 e. The minimum atomic E-state index is -3.19. The number of carboxylic acids is 4. The van der Waals surface area contributed by atoms with Crippen LogP contribution in [0.25, 0.3) is 0 Å². The Morgan fingerprint density at radius 2 is 0.711 bits per heavy atom. The first kappa shape index (κ1) is 117. The fourth-order valence-electron chi connectivity index (χ4n) is 7.57. The first-order valence-corrected chi connectivity index (χ1v) is 43.6. The van der Waals surface area contributed by atoms with Gasteiger partial charge in [0.05, 0.1) is 96.5 Å². The molecule has 1 amide bonds. The van der Waals surface area contributed by atoms with Gasteiger partial charge in [-0.1, -0.05) is 113 Å². The van der Waals surface area contributed by atoms with Crippen LogP contribution >= 0.6 is 94.8 Å². The first-order valence-electron chi connectivity index (χ1n) is 34.1. The zero-order valence-corrected chi connectivity index (χ0v) is 77.6. The Kier molecular flexibility index (Phi) is 74.2. The van der Waals surface area contributed by atoms with E-state index in [1.807, 2.05) is 43.0 Å². The molecule has 0 saturated carbocycles. The van der Waals surface area contributed by atoms with Crippen molar-refractivity contribution in [3.05, 3.63) is 209 Å². The third kappa shape index (κ3) is 67.2. The maximum atomic E-state index is 11.5. The molecule has 0 atom stereocenters. The summed E-state index contributed by atoms with van der Waals surface area (Å²) in [6, 6.07) is 48.0. The molecule has 7 aromatic carbocycles. The van der Waals surface area contributed by atoms with Gasteiger partial charge in [-0.05, 0) is 188 Å². The van der Waals surface area contributed by atoms with Gasteiger partial charge >= 0.3 is 75.3 Å². The molecule has 0 unspecified atom stereocenters. The molecule has 0 fully saturated rings. The summed E-state index contributed by atoms with van der Waals surface area (Å²) in [5, 5.41) is 41.3. The van der Waals surface area contributed by atoms with Crippen LogP contribution < -0.4 is 62.9 Å². The number of nitrogen functional groups attached to an aromatic ring is 1. The van der Waals surface area contributed by atoms with Crippen molar-refractivity contribution in [3.8, 4) is 0 Å². The predicted molar refractivity (Wildman–Crippen MR) is 461 cm³/mol. The van der Waals surface area contributed by atoms with Crippen LogP contribution in [0.2, 0.25) is 0 Å². The normalized spacial score (nSPS) is 9.84. The molecular formula is C77H100Cl4FKN2O21S8. The molecule has 0 heterocycles. The number of rotatable bonds is 25. The third-order valence-corrected chi connectivity index (χ3v) is 20.2. The molecule has 9 N–H and O–H groups in total. The second-order valence-corrected chi connectivity index (χ2v) is 33.8. The quantitative estimate of drug-likeness (QED) is 0.00385. The maximum absolute atomic E-state index is 11.5. The number of thiocarbonyl (C=S) groups is 1. The number of alkyl halides is 5. The number of Topliss-reactive ketones (excluding diaryl/α,β-unsaturated/α-hetero) is 2. The van der Waals surface area contributed by atoms with Crippen LogP contribution in [0.5, 0.6) is 0 Å². The van der Waals surface area contributed by atoms with E-state index in [2.05, 4.69) is 49.1 Å². The van der Waals surface area contributed by atoms with Gasteiger partial charge in [0, 0.05) is 39.8 Å². The van der Waals surface area contributed by atoms with Gasteiger partial charge < -0.3 is 59.1 Å². The van der Waals surface area contributed by atoms with Crippen molar-refractivity contribution in [1.29, 1.82) is 0 Å². The fourth-order valence-corrected chi connectivity index (χ4v) is 12.2. The van der Waals surface area contributed by atoms with Crippen molar-refractivity contribution < 1.29 is 156 Å². The number of carboxylic acid groups (broad SMARTS) is 4. The van der Waals surface area contributed by atoms with E-state index in [0.29, 0.717) is 46.6 Å². The number of primary amides is 1. The Morgan fingerprint density at radius 1 is 0.474 bits per heavy atom. The minimum absolute atomic E-state index is 0. The molecule has 0 aromatic heterocycles. The van der Waals surface area contributed by atoms with Crippen molar-refractivity contribution >= 4 is 194 Å². The van der Waals surface area contributed by atoms with E-state index in [4.69, 9.17) is 102 Å². The van der Waals surface area contributed by atoms with Crippen LogP contribution in [0.15, 0.2) is 199 Å². The van der Waals surface area contributed by atoms with Gasteiger partial charge in [0.15, 0.2) is 34.8 Å². The minimum Gasteiger partial charge on any atom is -0.698 e. The van der Waals surface area contributed by atoms with Gasteiger partial charge in [-0.25, -0.2) is 25.3 Å². The molecule has 7 aromatic rings. The van der Waals surface area contributed by atoms with Gasteiger partial charge in [-0.3, -0.25) is 42.7 Å². The topological polar surface area (TPSA) is 411 Å². The van der Waals surface area contributed by atoms with E-state index in [9.17, 15) is 68.0 Å². The zero-order chi connectivity index (χ0) is 88.4. The van der Waals surface area contributed by atoms with Crippen molar-refractivity contribution in [2.24, 2.45) is 5.73 Å². The molecule has 23 nitrogen and oxygen atoms in total. The number of amides is 1. The predicted octanol–water partition coefficient (Wildman–Crippen LogP) is 12.5. The Bertz CT molecular complexity index is 3960. The number of aliphatic carboxylic acids is 4. The summed E-state index contributed by atoms with van der Waals surface area (Å²) in [5.41, 5.74) is 16.7. The van der Waals surface area contributed by atoms with Crippen molar-refractivity contribution in [3.63, 3.8) is 0 Å². The van der Waals surface area contributed by atoms with Gasteiger partial charge in [-0.15, -0.1) is 70.8 Å². The molecule has 0 aliphatic heterocycles. The molecule has 7 rings (SSSR count). The summed E-state index contributed by atoms with van der Waals surface area (Å²) in [6.45, 7) is 16.5. The van der Waals surface area contributed by atoms with Crippen LogP contribution in [-0.4, -0.2) is 162 Å². The number of anilines is 1. The number of halogens is 5. The summed E-state index contributed by atoms with van der Waals surface area (Å²) in [7, 11) is -10.5. The van der Waals surface area contributed by atoms with Crippen LogP contribution in [-0.2, 0) is 130 Å². The molecule has 0 aliphatic carbocycles. The standard InChI is InChI=1S/C11H12O3S2.C11H14O3S.C11H14OS.C10H13NO3S.C10H12O4S.C8H9NO2.C8H8O2S.C3H6O2S.C2H6O.2CH2Cl2.CH3F.K/c1-2-14-11(15)16-9-5-3-8(4-6-9)7-10(12)13;1-3-15(13,14)11-6-4-10(5-7-11)8-9(2)12;1-3-13-11-6-4-10(5-7-11)8-9(2)12;2*1-2-15(13,14)9-5-3-8(4-6-9)7-10(11)12;9-7-3-1-6(2-4-7)5-8(10)11;9-8(10)5-6-1-3-7(11)4-2-6;1-2-5-3(4)6;1-2-3;2*2-1-3;1-2;/h3-6H,2,7H2,1H3,(H,12,13);4-7H,3,8H2,1-2H3;4-7H,3,8H2,1-2H3;3-6H,2,7H2,1H3,(H2,11,12);3-6H,2,7H2,1H3,(H,11,12);1-4H,5,9H2,(H,10,11);1-4,11H,5H2,(H,9,10);2H2,1H3,(H,4,6);3H,2H2,1H3;2*1H2;1H3;/q;;;;;;;;;;;;+1/p-1/i;;;;;;;;;;;1D;. The summed E-state index contributed by atoms with van der Waals surface area (Å²) in [6.07, 6.45) is 1.12. The largest absolute Gasteiger partial charge is 1.00 e. The number of aliphatic hydroxyl groups is 1. The van der Waals surface area contributed by atoms with Crippen molar-refractivity contribution in [1.82, 2.24) is 0 Å². The summed E-state index contributed by atoms with van der Waals surface area (Å²) < 4.78 is 94.0. The van der Waals surface area contributed by atoms with E-state index in [-0.39, 0.29) is 139 Å². The monoisotopic (exact) mass is 1840 g/mol. The number of hydrogen-bond acceptors (Lipinski definition) is 23. The number of ether oxygens (including phenoxy) is 2. The number of benzene rings is 7. The molecule has 37 heteroatoms. The molecule has 0 aliphatic rings. The third-order valence-electron chi connectivity index (χ3n) is 12.5. The summed E-state index contributed by atoms with van der Waals surface area (Å²) in [5.74, 6) is -2.23. The number of carbonyl (C=O) groups is 8. The zero-order valence-electron chi connectivity index (χ0n) is 65.8. The van der Waals surface area contributed by atoms with Gasteiger partial charge in [0.25, 0.3) is 0 Å². The second kappa shape index (κ2) is 72.4. The molecule has 114 heavy (non-hydrogen) atoms. The average Bonchev–Trinajstić information content (AvgIpc) is 0.850. The fraction of sp³-hybridized carbons (Fsp3) is 0.338. The Balaban J connectivity index is -0.000000291. The summed E-state index contributed by atoms with van der Waals surface area (Å²) in [4.78, 5) is 87.1. The molecule has 0 saturated heterocycles. The van der Waals surface area contributed by atoms with E-state index < -0.39 is 71.8 Å². The number of hydrogen-bond donors (Lipinski definition) is 8. The van der Waals surface area contributed by atoms with Crippen LogP contribution in [0.4, 0.5) is 14.9 Å². The number of ketones is 2. The van der Waals surface area contributed by atoms with E-state index in [0.717, 1.165) is 48.9 Å². The number of thiol groups is 1. The van der Waals surface area contributed by atoms with E-state index >= 15 is 0 Å². The molecule has 0 bridgehead atoms. The van der Waals surface area contributed by atoms with E-state index in [1.54, 1.807) is 139 Å². The molecule has 0 spiro atoms. The number of nitrogens with two attached hydrogens (primary N) is 2. The van der Waals surface area contributed by atoms with Gasteiger partial charge in [0.1, 0.15) is 11.6 Å². The molecular weight excluding hydrogens is 1750 g/mol. The van der Waals surface area contributed by atoms with Crippen LogP contribution in [0.1, 0.15) is 103 Å². The molecule has 0 radical (unpaired) electrons. The molecule has 628 valence electrons. The summed E-state index contributed by atoms with van der Waals surface area (Å²) >= 11 is 35.3. The second-order valence-electron chi connectivity index (χ2n) is 21.4. The Labute approximate surface area is 758 Å². The average molecular weight is 1850 g/mol. The van der Waals surface area contributed by atoms with Gasteiger partial charge in [-0.2, -0.15) is 0 Å². The SMILES string of the molecule is CCO.CCOC(=O)[S-].CCOC(=S)Sc1ccc(CC(=O)O)cc1.CCS(=O)(=O)c1ccc(CC(=O)O)cc1.CCS(=O)(=O)c1ccc(CC(C)=O)cc1.CCS(=O)(=O)c1ccc(CC(N)=O)cc1.CCSc1ccc(CC(C)=O)cc1.ClCCl.ClCCl.Nc1ccc(CC(=O)O)cc1.O=C(O)Cc1ccc(S)cc1.[2H]CF.[K+]. The van der Waals surface area contributed by atoms with Crippen molar-refractivity contribution in [2.75, 3.05) is 66.4 Å². The number of aliphatic hydroxyl groups excluding tert-OH is 1. The first-order chi connectivity index (χ1) is 53.5. The van der Waals surface area contributed by atoms with Crippen molar-refractivity contribution in [2.45, 2.75) is 137 Å².